The Bertz CT molecular complexity index is 1130. The molecule has 4 rings (SSSR count). The first-order chi connectivity index (χ1) is 13.7. The lowest BCUT2D eigenvalue weighted by Gasteiger charge is -2.05. The van der Waals surface area contributed by atoms with Gasteiger partial charge < -0.3 is 14.5 Å². The van der Waals surface area contributed by atoms with Gasteiger partial charge in [0.2, 0.25) is 0 Å². The fourth-order valence-electron chi connectivity index (χ4n) is 2.96. The van der Waals surface area contributed by atoms with Crippen molar-refractivity contribution in [1.29, 1.82) is 0 Å². The standard InChI is InChI=1S/C21H19N3O3S/c1-3-27-14-9-8-13-10-17(22-16(13)11-14)20(25)24-21-23-18(12-28-21)15-6-4-5-7-19(15)26-2/h4-12,22H,3H2,1-2H3,(H,23,24,25). The number of methoxy groups -OCH3 is 1. The maximum Gasteiger partial charge on any atom is 0.273 e. The van der Waals surface area contributed by atoms with Crippen LogP contribution < -0.4 is 14.8 Å². The molecule has 4 aromatic rings. The number of anilines is 1. The van der Waals surface area contributed by atoms with Gasteiger partial charge in [0.15, 0.2) is 5.13 Å². The summed E-state index contributed by atoms with van der Waals surface area (Å²) in [5, 5.41) is 6.22. The van der Waals surface area contributed by atoms with Crippen LogP contribution in [0.25, 0.3) is 22.2 Å². The second-order valence-electron chi connectivity index (χ2n) is 6.06. The molecule has 0 aliphatic rings. The molecule has 0 unspecified atom stereocenters. The number of fused-ring (bicyclic) bond motifs is 1. The molecule has 28 heavy (non-hydrogen) atoms. The number of hydrogen-bond donors (Lipinski definition) is 2. The number of aromatic nitrogens is 2. The number of aromatic amines is 1. The highest BCUT2D eigenvalue weighted by Crippen LogP contribution is 2.32. The summed E-state index contributed by atoms with van der Waals surface area (Å²) in [5.74, 6) is 1.27. The number of carbonyl (C=O) groups is 1. The van der Waals surface area contributed by atoms with E-state index in [-0.39, 0.29) is 5.91 Å². The highest BCUT2D eigenvalue weighted by atomic mass is 32.1. The Labute approximate surface area is 166 Å². The van der Waals surface area contributed by atoms with E-state index in [2.05, 4.69) is 15.3 Å². The second kappa shape index (κ2) is 7.74. The maximum atomic E-state index is 12.6. The van der Waals surface area contributed by atoms with E-state index in [1.165, 1.54) is 11.3 Å². The molecule has 0 atom stereocenters. The van der Waals surface area contributed by atoms with Gasteiger partial charge in [-0.25, -0.2) is 4.98 Å². The Hall–Kier alpha value is -3.32. The Kier molecular flexibility index (Phi) is 4.99. The first kappa shape index (κ1) is 18.1. The predicted molar refractivity (Wildman–Crippen MR) is 112 cm³/mol. The van der Waals surface area contributed by atoms with Crippen molar-refractivity contribution in [2.45, 2.75) is 6.92 Å². The molecule has 0 radical (unpaired) electrons. The smallest absolute Gasteiger partial charge is 0.273 e. The number of rotatable bonds is 6. The summed E-state index contributed by atoms with van der Waals surface area (Å²) in [6.45, 7) is 2.53. The number of nitrogens with one attached hydrogen (secondary N) is 2. The van der Waals surface area contributed by atoms with Gasteiger partial charge in [0.05, 0.1) is 19.4 Å². The van der Waals surface area contributed by atoms with Crippen LogP contribution in [-0.2, 0) is 0 Å². The summed E-state index contributed by atoms with van der Waals surface area (Å²) in [5.41, 5.74) is 2.97. The number of carbonyl (C=O) groups excluding carboxylic acids is 1. The Balaban J connectivity index is 1.54. The minimum atomic E-state index is -0.241. The molecule has 0 fully saturated rings. The predicted octanol–water partition coefficient (Wildman–Crippen LogP) is 4.95. The molecule has 2 heterocycles. The number of ether oxygens (including phenoxy) is 2. The number of thiazole rings is 1. The fourth-order valence-corrected chi connectivity index (χ4v) is 3.67. The molecule has 6 nitrogen and oxygen atoms in total. The molecule has 2 N–H and O–H groups in total. The van der Waals surface area contributed by atoms with Crippen molar-refractivity contribution in [1.82, 2.24) is 9.97 Å². The van der Waals surface area contributed by atoms with Crippen LogP contribution in [0.4, 0.5) is 5.13 Å². The Morgan fingerprint density at radius 2 is 2.07 bits per heavy atom. The van der Waals surface area contributed by atoms with E-state index in [4.69, 9.17) is 9.47 Å². The molecule has 0 spiro atoms. The third kappa shape index (κ3) is 3.57. The van der Waals surface area contributed by atoms with Gasteiger partial charge in [-0.15, -0.1) is 11.3 Å². The lowest BCUT2D eigenvalue weighted by atomic mass is 10.1. The number of hydrogen-bond acceptors (Lipinski definition) is 5. The molecule has 0 saturated carbocycles. The minimum Gasteiger partial charge on any atom is -0.496 e. The summed E-state index contributed by atoms with van der Waals surface area (Å²) in [6.07, 6.45) is 0. The van der Waals surface area contributed by atoms with E-state index in [9.17, 15) is 4.79 Å². The number of para-hydroxylation sites is 1. The van der Waals surface area contributed by atoms with Gasteiger partial charge in [0.25, 0.3) is 5.91 Å². The van der Waals surface area contributed by atoms with E-state index >= 15 is 0 Å². The topological polar surface area (TPSA) is 76.2 Å². The molecule has 2 aromatic carbocycles. The normalized spacial score (nSPS) is 10.8. The van der Waals surface area contributed by atoms with E-state index in [1.807, 2.05) is 60.8 Å². The van der Waals surface area contributed by atoms with E-state index in [0.29, 0.717) is 17.4 Å². The van der Waals surface area contributed by atoms with E-state index < -0.39 is 0 Å². The summed E-state index contributed by atoms with van der Waals surface area (Å²) >= 11 is 1.37. The zero-order chi connectivity index (χ0) is 19.5. The number of nitrogens with zero attached hydrogens (tertiary/aromatic N) is 1. The van der Waals surface area contributed by atoms with Crippen LogP contribution >= 0.6 is 11.3 Å². The highest BCUT2D eigenvalue weighted by molar-refractivity contribution is 7.14. The number of H-pyrrole nitrogens is 1. The van der Waals surface area contributed by atoms with Crippen LogP contribution in [0.15, 0.2) is 53.9 Å². The van der Waals surface area contributed by atoms with Crippen LogP contribution in [0, 0.1) is 0 Å². The monoisotopic (exact) mass is 393 g/mol. The van der Waals surface area contributed by atoms with Crippen LogP contribution in [0.5, 0.6) is 11.5 Å². The summed E-state index contributed by atoms with van der Waals surface area (Å²) in [7, 11) is 1.63. The molecule has 142 valence electrons. The average Bonchev–Trinajstić information content (AvgIpc) is 3.35. The van der Waals surface area contributed by atoms with Gasteiger partial charge in [-0.05, 0) is 37.3 Å². The minimum absolute atomic E-state index is 0.241. The number of benzene rings is 2. The molecule has 1 amide bonds. The molecule has 0 saturated heterocycles. The van der Waals surface area contributed by atoms with Gasteiger partial charge >= 0.3 is 0 Å². The molecule has 0 bridgehead atoms. The molecule has 2 aromatic heterocycles. The fraction of sp³-hybridized carbons (Fsp3) is 0.143. The summed E-state index contributed by atoms with van der Waals surface area (Å²) < 4.78 is 10.9. The van der Waals surface area contributed by atoms with E-state index in [0.717, 1.165) is 33.7 Å². The van der Waals surface area contributed by atoms with Crippen LogP contribution in [0.1, 0.15) is 17.4 Å². The zero-order valence-corrected chi connectivity index (χ0v) is 16.3. The highest BCUT2D eigenvalue weighted by Gasteiger charge is 2.14. The second-order valence-corrected chi connectivity index (χ2v) is 6.92. The SMILES string of the molecule is CCOc1ccc2cc(C(=O)Nc3nc(-c4ccccc4OC)cs3)[nH]c2c1. The quantitative estimate of drug-likeness (QED) is 0.486. The zero-order valence-electron chi connectivity index (χ0n) is 15.5. The largest absolute Gasteiger partial charge is 0.496 e. The maximum absolute atomic E-state index is 12.6. The third-order valence-electron chi connectivity index (χ3n) is 4.26. The molecule has 0 aliphatic carbocycles. The first-order valence-electron chi connectivity index (χ1n) is 8.83. The molecule has 0 aliphatic heterocycles. The lowest BCUT2D eigenvalue weighted by molar-refractivity contribution is 0.102. The van der Waals surface area contributed by atoms with Crippen molar-refractivity contribution in [2.75, 3.05) is 19.0 Å². The van der Waals surface area contributed by atoms with Gasteiger partial charge in [0.1, 0.15) is 17.2 Å². The van der Waals surface area contributed by atoms with Crippen molar-refractivity contribution < 1.29 is 14.3 Å². The third-order valence-corrected chi connectivity index (χ3v) is 5.01. The van der Waals surface area contributed by atoms with Gasteiger partial charge in [-0.2, -0.15) is 0 Å². The van der Waals surface area contributed by atoms with Crippen LogP contribution in [0.3, 0.4) is 0 Å². The summed E-state index contributed by atoms with van der Waals surface area (Å²) in [4.78, 5) is 20.3. The van der Waals surface area contributed by atoms with Crippen molar-refractivity contribution in [3.05, 3.63) is 59.6 Å². The Morgan fingerprint density at radius 3 is 2.89 bits per heavy atom. The van der Waals surface area contributed by atoms with Crippen molar-refractivity contribution in [3.8, 4) is 22.8 Å². The van der Waals surface area contributed by atoms with Gasteiger partial charge in [-0.1, -0.05) is 12.1 Å². The molecule has 7 heteroatoms. The Morgan fingerprint density at radius 1 is 1.21 bits per heavy atom. The first-order valence-corrected chi connectivity index (χ1v) is 9.71. The van der Waals surface area contributed by atoms with Gasteiger partial charge in [0, 0.05) is 27.9 Å². The van der Waals surface area contributed by atoms with Crippen LogP contribution in [-0.4, -0.2) is 29.6 Å². The van der Waals surface area contributed by atoms with Crippen molar-refractivity contribution >= 4 is 33.3 Å². The van der Waals surface area contributed by atoms with Crippen molar-refractivity contribution in [3.63, 3.8) is 0 Å². The number of amides is 1. The van der Waals surface area contributed by atoms with Gasteiger partial charge in [-0.3, -0.25) is 10.1 Å². The van der Waals surface area contributed by atoms with E-state index in [1.54, 1.807) is 7.11 Å². The summed E-state index contributed by atoms with van der Waals surface area (Å²) in [6, 6.07) is 15.2. The molecular weight excluding hydrogens is 374 g/mol. The lowest BCUT2D eigenvalue weighted by Crippen LogP contribution is -2.11. The molecular formula is C21H19N3O3S. The van der Waals surface area contributed by atoms with Crippen molar-refractivity contribution in [2.24, 2.45) is 0 Å². The average molecular weight is 393 g/mol. The van der Waals surface area contributed by atoms with Crippen LogP contribution in [0.2, 0.25) is 0 Å².